The average molecular weight is 410 g/mol. The molecule has 1 aliphatic rings. The van der Waals surface area contributed by atoms with Crippen LogP contribution in [0.25, 0.3) is 0 Å². The average Bonchev–Trinajstić information content (AvgIpc) is 2.67. The van der Waals surface area contributed by atoms with Gasteiger partial charge >= 0.3 is 0 Å². The SMILES string of the molecule is CS(=O)(=O)N1C[C@@H](c2ccccc2)C[C@@H](S(=O)(=O)c2ccc(CO)cc2)C1. The molecule has 27 heavy (non-hydrogen) atoms. The van der Waals surface area contributed by atoms with Crippen molar-refractivity contribution in [1.82, 2.24) is 4.31 Å². The molecule has 1 fully saturated rings. The molecular formula is C19H23NO5S2. The van der Waals surface area contributed by atoms with Gasteiger partial charge in [-0.1, -0.05) is 42.5 Å². The van der Waals surface area contributed by atoms with Gasteiger partial charge in [-0.05, 0) is 35.6 Å². The normalized spacial score (nSPS) is 21.9. The van der Waals surface area contributed by atoms with Crippen LogP contribution in [0.3, 0.4) is 0 Å². The van der Waals surface area contributed by atoms with E-state index in [-0.39, 0.29) is 30.5 Å². The van der Waals surface area contributed by atoms with Crippen molar-refractivity contribution in [2.75, 3.05) is 19.3 Å². The van der Waals surface area contributed by atoms with Crippen LogP contribution in [0.1, 0.15) is 23.5 Å². The minimum atomic E-state index is -3.71. The third kappa shape index (κ3) is 4.40. The van der Waals surface area contributed by atoms with Gasteiger partial charge in [-0.25, -0.2) is 21.1 Å². The van der Waals surface area contributed by atoms with Crippen molar-refractivity contribution in [3.8, 4) is 0 Å². The highest BCUT2D eigenvalue weighted by Crippen LogP contribution is 2.33. The van der Waals surface area contributed by atoms with Crippen molar-refractivity contribution in [3.05, 3.63) is 65.7 Å². The van der Waals surface area contributed by atoms with Crippen LogP contribution in [-0.2, 0) is 26.5 Å². The van der Waals surface area contributed by atoms with E-state index in [1.165, 1.54) is 16.4 Å². The zero-order valence-electron chi connectivity index (χ0n) is 15.0. The Hall–Kier alpha value is -1.74. The fourth-order valence-corrected chi connectivity index (χ4v) is 6.21. The summed E-state index contributed by atoms with van der Waals surface area (Å²) in [6.07, 6.45) is 1.47. The summed E-state index contributed by atoms with van der Waals surface area (Å²) in [5, 5.41) is 8.31. The van der Waals surface area contributed by atoms with Gasteiger partial charge in [0.2, 0.25) is 10.0 Å². The molecule has 0 amide bonds. The number of aliphatic hydroxyl groups excluding tert-OH is 1. The third-order valence-corrected chi connectivity index (χ3v) is 8.38. The zero-order valence-corrected chi connectivity index (χ0v) is 16.7. The summed E-state index contributed by atoms with van der Waals surface area (Å²) < 4.78 is 51.9. The summed E-state index contributed by atoms with van der Waals surface area (Å²) in [5.74, 6) is -0.189. The van der Waals surface area contributed by atoms with Gasteiger partial charge in [0.1, 0.15) is 0 Å². The topological polar surface area (TPSA) is 91.8 Å². The van der Waals surface area contributed by atoms with Gasteiger partial charge in [-0.15, -0.1) is 0 Å². The molecule has 0 aromatic heterocycles. The van der Waals surface area contributed by atoms with Gasteiger partial charge in [-0.2, -0.15) is 0 Å². The van der Waals surface area contributed by atoms with E-state index in [4.69, 9.17) is 5.11 Å². The molecule has 2 aromatic carbocycles. The van der Waals surface area contributed by atoms with Crippen LogP contribution >= 0.6 is 0 Å². The molecular weight excluding hydrogens is 386 g/mol. The first-order valence-electron chi connectivity index (χ1n) is 8.65. The molecule has 8 heteroatoms. The first-order chi connectivity index (χ1) is 12.7. The molecule has 0 unspecified atom stereocenters. The van der Waals surface area contributed by atoms with Gasteiger partial charge in [0.05, 0.1) is 23.0 Å². The van der Waals surface area contributed by atoms with E-state index >= 15 is 0 Å². The standard InChI is InChI=1S/C19H23NO5S2/c1-26(22,23)20-12-17(16-5-3-2-4-6-16)11-19(13-20)27(24,25)18-9-7-15(14-21)8-10-18/h2-10,17,19,21H,11-14H2,1H3/t17-,19+/m0/s1. The maximum absolute atomic E-state index is 13.2. The van der Waals surface area contributed by atoms with E-state index in [2.05, 4.69) is 0 Å². The molecule has 2 aromatic rings. The van der Waals surface area contributed by atoms with Gasteiger partial charge in [0.15, 0.2) is 9.84 Å². The number of benzene rings is 2. The Kier molecular flexibility index (Phi) is 5.71. The number of hydrogen-bond acceptors (Lipinski definition) is 5. The summed E-state index contributed by atoms with van der Waals surface area (Å²) in [6, 6.07) is 15.5. The van der Waals surface area contributed by atoms with E-state index in [0.29, 0.717) is 12.0 Å². The van der Waals surface area contributed by atoms with Crippen LogP contribution in [0.4, 0.5) is 0 Å². The Morgan fingerprint density at radius 3 is 2.15 bits per heavy atom. The lowest BCUT2D eigenvalue weighted by Crippen LogP contribution is -2.47. The lowest BCUT2D eigenvalue weighted by atomic mass is 9.91. The first kappa shape index (κ1) is 20.0. The largest absolute Gasteiger partial charge is 0.392 e. The second-order valence-corrected chi connectivity index (χ2v) is 11.1. The lowest BCUT2D eigenvalue weighted by Gasteiger charge is -2.36. The number of sulfone groups is 1. The summed E-state index contributed by atoms with van der Waals surface area (Å²) in [4.78, 5) is 0.145. The molecule has 146 valence electrons. The number of nitrogens with zero attached hydrogens (tertiary/aromatic N) is 1. The molecule has 1 saturated heterocycles. The highest BCUT2D eigenvalue weighted by Gasteiger charge is 2.39. The fourth-order valence-electron chi connectivity index (χ4n) is 3.45. The number of rotatable bonds is 5. The molecule has 0 bridgehead atoms. The van der Waals surface area contributed by atoms with E-state index in [0.717, 1.165) is 11.8 Å². The summed E-state index contributed by atoms with van der Waals surface area (Å²) >= 11 is 0. The smallest absolute Gasteiger partial charge is 0.211 e. The second kappa shape index (κ2) is 7.71. The van der Waals surface area contributed by atoms with E-state index < -0.39 is 25.1 Å². The molecule has 3 rings (SSSR count). The van der Waals surface area contributed by atoms with Crippen LogP contribution in [0.2, 0.25) is 0 Å². The zero-order chi connectivity index (χ0) is 19.7. The highest BCUT2D eigenvalue weighted by atomic mass is 32.2. The predicted molar refractivity (Wildman–Crippen MR) is 104 cm³/mol. The van der Waals surface area contributed by atoms with E-state index in [1.54, 1.807) is 12.1 Å². The van der Waals surface area contributed by atoms with Crippen molar-refractivity contribution in [2.45, 2.75) is 29.1 Å². The highest BCUT2D eigenvalue weighted by molar-refractivity contribution is 7.92. The van der Waals surface area contributed by atoms with Crippen molar-refractivity contribution < 1.29 is 21.9 Å². The van der Waals surface area contributed by atoms with Crippen LogP contribution in [-0.4, -0.2) is 50.8 Å². The Morgan fingerprint density at radius 1 is 0.963 bits per heavy atom. The summed E-state index contributed by atoms with van der Waals surface area (Å²) in [6.45, 7) is 0.0618. The summed E-state index contributed by atoms with van der Waals surface area (Å²) in [7, 11) is -7.23. The maximum atomic E-state index is 13.2. The molecule has 0 radical (unpaired) electrons. The molecule has 1 aliphatic heterocycles. The van der Waals surface area contributed by atoms with Crippen molar-refractivity contribution >= 4 is 19.9 Å². The van der Waals surface area contributed by atoms with Gasteiger partial charge in [0, 0.05) is 13.1 Å². The monoisotopic (exact) mass is 409 g/mol. The maximum Gasteiger partial charge on any atom is 0.211 e. The number of piperidine rings is 1. The van der Waals surface area contributed by atoms with Crippen molar-refractivity contribution in [2.24, 2.45) is 0 Å². The summed E-state index contributed by atoms with van der Waals surface area (Å²) in [5.41, 5.74) is 1.55. The quantitative estimate of drug-likeness (QED) is 0.813. The van der Waals surface area contributed by atoms with Crippen molar-refractivity contribution in [1.29, 1.82) is 0 Å². The van der Waals surface area contributed by atoms with E-state index in [1.807, 2.05) is 30.3 Å². The molecule has 0 spiro atoms. The molecule has 6 nitrogen and oxygen atoms in total. The number of sulfonamides is 1. The van der Waals surface area contributed by atoms with E-state index in [9.17, 15) is 16.8 Å². The van der Waals surface area contributed by atoms with Crippen molar-refractivity contribution in [3.63, 3.8) is 0 Å². The van der Waals surface area contributed by atoms with Gasteiger partial charge in [-0.3, -0.25) is 0 Å². The number of aliphatic hydroxyl groups is 1. The van der Waals surface area contributed by atoms with Crippen LogP contribution in [0, 0.1) is 0 Å². The molecule has 0 saturated carbocycles. The molecule has 1 heterocycles. The Morgan fingerprint density at radius 2 is 1.59 bits per heavy atom. The Bertz CT molecular complexity index is 986. The molecule has 0 aliphatic carbocycles. The Balaban J connectivity index is 1.96. The van der Waals surface area contributed by atoms with Gasteiger partial charge in [0.25, 0.3) is 0 Å². The lowest BCUT2D eigenvalue weighted by molar-refractivity contribution is 0.281. The minimum Gasteiger partial charge on any atom is -0.392 e. The number of hydrogen-bond donors (Lipinski definition) is 1. The van der Waals surface area contributed by atoms with Gasteiger partial charge < -0.3 is 5.11 Å². The Labute approximate surface area is 160 Å². The fraction of sp³-hybridized carbons (Fsp3) is 0.368. The third-order valence-electron chi connectivity index (χ3n) is 4.99. The van der Waals surface area contributed by atoms with Crippen LogP contribution < -0.4 is 0 Å². The molecule has 2 atom stereocenters. The first-order valence-corrected chi connectivity index (χ1v) is 12.0. The minimum absolute atomic E-state index is 0.0494. The van der Waals surface area contributed by atoms with Crippen LogP contribution in [0.15, 0.2) is 59.5 Å². The predicted octanol–water partition coefficient (Wildman–Crippen LogP) is 1.77. The second-order valence-electron chi connectivity index (χ2n) is 6.89. The molecule has 1 N–H and O–H groups in total. The van der Waals surface area contributed by atoms with Crippen LogP contribution in [0.5, 0.6) is 0 Å².